The van der Waals surface area contributed by atoms with Gasteiger partial charge in [0.25, 0.3) is 11.7 Å². The van der Waals surface area contributed by atoms with Crippen molar-refractivity contribution in [1.82, 2.24) is 4.90 Å². The molecule has 176 valence electrons. The number of amides is 1. The molecule has 0 aromatic heterocycles. The number of nitrogens with zero attached hydrogens (tertiary/aromatic N) is 1. The van der Waals surface area contributed by atoms with Crippen molar-refractivity contribution in [3.63, 3.8) is 0 Å². The van der Waals surface area contributed by atoms with E-state index in [9.17, 15) is 14.7 Å². The molecular formula is C27H33NO5. The lowest BCUT2D eigenvalue weighted by Gasteiger charge is -2.25. The predicted molar refractivity (Wildman–Crippen MR) is 128 cm³/mol. The van der Waals surface area contributed by atoms with Crippen molar-refractivity contribution in [3.8, 4) is 5.75 Å². The number of benzene rings is 2. The smallest absolute Gasteiger partial charge is 0.295 e. The molecule has 6 nitrogen and oxygen atoms in total. The topological polar surface area (TPSA) is 76.1 Å². The van der Waals surface area contributed by atoms with Gasteiger partial charge in [-0.05, 0) is 42.0 Å². The minimum Gasteiger partial charge on any atom is -0.507 e. The fraction of sp³-hybridized carbons (Fsp3) is 0.407. The van der Waals surface area contributed by atoms with Crippen LogP contribution in [-0.2, 0) is 14.3 Å². The van der Waals surface area contributed by atoms with E-state index in [1.807, 2.05) is 31.2 Å². The van der Waals surface area contributed by atoms with Crippen LogP contribution < -0.4 is 4.74 Å². The predicted octanol–water partition coefficient (Wildman–Crippen LogP) is 5.06. The molecule has 0 saturated carbocycles. The molecule has 2 aromatic rings. The number of ketones is 1. The number of carbonyl (C=O) groups excluding carboxylic acids is 2. The molecule has 6 heteroatoms. The summed E-state index contributed by atoms with van der Waals surface area (Å²) >= 11 is 0. The van der Waals surface area contributed by atoms with Gasteiger partial charge in [-0.15, -0.1) is 0 Å². The molecule has 0 bridgehead atoms. The number of ether oxygens (including phenoxy) is 2. The molecule has 2 aromatic carbocycles. The molecule has 1 unspecified atom stereocenters. The van der Waals surface area contributed by atoms with Gasteiger partial charge in [0.05, 0.1) is 18.2 Å². The standard InChI is InChI=1S/C27H33NO5/c1-5-15-33-22-9-6-8-21(17-22)25(29)23-24(20-12-10-19(11-13-20)18(2)3)28(14-7-16-32-4)27(31)26(23)30/h6,8-13,17-18,24,29H,5,7,14-16H2,1-4H3/b25-23-. The molecule has 1 atom stereocenters. The van der Waals surface area contributed by atoms with E-state index < -0.39 is 17.7 Å². The number of rotatable bonds is 10. The van der Waals surface area contributed by atoms with Crippen LogP contribution in [0.2, 0.25) is 0 Å². The van der Waals surface area contributed by atoms with Gasteiger partial charge in [-0.2, -0.15) is 0 Å². The Morgan fingerprint density at radius 3 is 2.45 bits per heavy atom. The minimum atomic E-state index is -0.678. The summed E-state index contributed by atoms with van der Waals surface area (Å²) in [6.45, 7) is 7.61. The van der Waals surface area contributed by atoms with E-state index in [4.69, 9.17) is 9.47 Å². The SMILES string of the molecule is CCCOc1cccc(/C(O)=C2/C(=O)C(=O)N(CCCOC)C2c2ccc(C(C)C)cc2)c1. The highest BCUT2D eigenvalue weighted by Gasteiger charge is 2.45. The minimum absolute atomic E-state index is 0.0994. The van der Waals surface area contributed by atoms with Crippen LogP contribution in [0.3, 0.4) is 0 Å². The Kier molecular flexibility index (Phi) is 8.28. The first-order valence-corrected chi connectivity index (χ1v) is 11.5. The van der Waals surface area contributed by atoms with Crippen molar-refractivity contribution in [3.05, 3.63) is 70.8 Å². The Morgan fingerprint density at radius 2 is 1.82 bits per heavy atom. The number of likely N-dealkylation sites (tertiary alicyclic amines) is 1. The lowest BCUT2D eigenvalue weighted by molar-refractivity contribution is -0.140. The highest BCUT2D eigenvalue weighted by Crippen LogP contribution is 2.40. The van der Waals surface area contributed by atoms with Gasteiger partial charge in [0.15, 0.2) is 0 Å². The van der Waals surface area contributed by atoms with Gasteiger partial charge in [-0.3, -0.25) is 9.59 Å². The van der Waals surface area contributed by atoms with Gasteiger partial charge in [0.2, 0.25) is 0 Å². The van der Waals surface area contributed by atoms with Gasteiger partial charge in [-0.25, -0.2) is 0 Å². The second-order valence-corrected chi connectivity index (χ2v) is 8.54. The molecular weight excluding hydrogens is 418 g/mol. The Labute approximate surface area is 195 Å². The van der Waals surface area contributed by atoms with E-state index in [0.29, 0.717) is 43.4 Å². The van der Waals surface area contributed by atoms with Gasteiger partial charge in [0.1, 0.15) is 11.5 Å². The second kappa shape index (κ2) is 11.1. The monoisotopic (exact) mass is 451 g/mol. The summed E-state index contributed by atoms with van der Waals surface area (Å²) in [7, 11) is 1.60. The highest BCUT2D eigenvalue weighted by atomic mass is 16.5. The third kappa shape index (κ3) is 5.45. The van der Waals surface area contributed by atoms with Crippen LogP contribution in [-0.4, -0.2) is 48.6 Å². The number of hydrogen-bond donors (Lipinski definition) is 1. The van der Waals surface area contributed by atoms with Crippen LogP contribution >= 0.6 is 0 Å². The summed E-state index contributed by atoms with van der Waals surface area (Å²) in [4.78, 5) is 27.6. The molecule has 3 rings (SSSR count). The zero-order valence-corrected chi connectivity index (χ0v) is 19.8. The first kappa shape index (κ1) is 24.5. The molecule has 1 aliphatic heterocycles. The molecule has 1 amide bonds. The average Bonchev–Trinajstić information content (AvgIpc) is 3.07. The summed E-state index contributed by atoms with van der Waals surface area (Å²) in [6.07, 6.45) is 1.44. The lowest BCUT2D eigenvalue weighted by Crippen LogP contribution is -2.31. The van der Waals surface area contributed by atoms with Crippen molar-refractivity contribution >= 4 is 17.4 Å². The maximum absolute atomic E-state index is 13.1. The summed E-state index contributed by atoms with van der Waals surface area (Å²) in [5.74, 6) is -0.514. The van der Waals surface area contributed by atoms with Crippen LogP contribution in [0.5, 0.6) is 5.75 Å². The first-order valence-electron chi connectivity index (χ1n) is 11.5. The van der Waals surface area contributed by atoms with E-state index in [-0.39, 0.29) is 11.3 Å². The molecule has 33 heavy (non-hydrogen) atoms. The zero-order valence-electron chi connectivity index (χ0n) is 19.8. The fourth-order valence-corrected chi connectivity index (χ4v) is 4.01. The Bertz CT molecular complexity index is 1010. The van der Waals surface area contributed by atoms with E-state index in [1.165, 1.54) is 4.90 Å². The molecule has 0 aliphatic carbocycles. The third-order valence-electron chi connectivity index (χ3n) is 5.79. The molecule has 1 saturated heterocycles. The van der Waals surface area contributed by atoms with Crippen molar-refractivity contribution in [2.24, 2.45) is 0 Å². The van der Waals surface area contributed by atoms with Gasteiger partial charge in [0, 0.05) is 25.8 Å². The van der Waals surface area contributed by atoms with Crippen LogP contribution in [0.15, 0.2) is 54.1 Å². The lowest BCUT2D eigenvalue weighted by atomic mass is 9.93. The van der Waals surface area contributed by atoms with Crippen molar-refractivity contribution in [2.45, 2.75) is 45.6 Å². The van der Waals surface area contributed by atoms with Gasteiger partial charge < -0.3 is 19.5 Å². The van der Waals surface area contributed by atoms with E-state index in [1.54, 1.807) is 31.4 Å². The number of hydrogen-bond acceptors (Lipinski definition) is 5. The maximum atomic E-state index is 13.1. The molecule has 1 aliphatic rings. The van der Waals surface area contributed by atoms with Crippen LogP contribution in [0, 0.1) is 0 Å². The quantitative estimate of drug-likeness (QED) is 0.237. The number of aliphatic hydroxyl groups is 1. The fourth-order valence-electron chi connectivity index (χ4n) is 4.01. The summed E-state index contributed by atoms with van der Waals surface area (Å²) in [5, 5.41) is 11.2. The summed E-state index contributed by atoms with van der Waals surface area (Å²) in [5.41, 5.74) is 2.50. The van der Waals surface area contributed by atoms with Crippen LogP contribution in [0.4, 0.5) is 0 Å². The Morgan fingerprint density at radius 1 is 1.09 bits per heavy atom. The summed E-state index contributed by atoms with van der Waals surface area (Å²) < 4.78 is 10.8. The second-order valence-electron chi connectivity index (χ2n) is 8.54. The molecule has 1 fully saturated rings. The van der Waals surface area contributed by atoms with Gasteiger partial charge >= 0.3 is 0 Å². The molecule has 1 heterocycles. The largest absolute Gasteiger partial charge is 0.507 e. The first-order chi connectivity index (χ1) is 15.9. The zero-order chi connectivity index (χ0) is 24.0. The summed E-state index contributed by atoms with van der Waals surface area (Å²) in [6, 6.07) is 14.2. The van der Waals surface area contributed by atoms with Crippen molar-refractivity contribution < 1.29 is 24.2 Å². The normalized spacial score (nSPS) is 17.7. The van der Waals surface area contributed by atoms with Crippen molar-refractivity contribution in [1.29, 1.82) is 0 Å². The number of carbonyl (C=O) groups is 2. The van der Waals surface area contributed by atoms with Crippen molar-refractivity contribution in [2.75, 3.05) is 26.9 Å². The molecule has 0 radical (unpaired) electrons. The maximum Gasteiger partial charge on any atom is 0.295 e. The third-order valence-corrected chi connectivity index (χ3v) is 5.79. The van der Waals surface area contributed by atoms with Crippen LogP contribution in [0.1, 0.15) is 62.3 Å². The average molecular weight is 452 g/mol. The number of Topliss-reactive ketones (excluding diaryl/α,β-unsaturated/α-hetero) is 1. The van der Waals surface area contributed by atoms with Crippen LogP contribution in [0.25, 0.3) is 5.76 Å². The molecule has 0 spiro atoms. The van der Waals surface area contributed by atoms with E-state index in [0.717, 1.165) is 17.5 Å². The number of methoxy groups -OCH3 is 1. The van der Waals surface area contributed by atoms with Gasteiger partial charge in [-0.1, -0.05) is 57.2 Å². The molecule has 1 N–H and O–H groups in total. The highest BCUT2D eigenvalue weighted by molar-refractivity contribution is 6.46. The Hall–Kier alpha value is -3.12. The van der Waals surface area contributed by atoms with E-state index in [2.05, 4.69) is 13.8 Å². The Balaban J connectivity index is 2.08. The van der Waals surface area contributed by atoms with E-state index >= 15 is 0 Å². The number of aliphatic hydroxyl groups excluding tert-OH is 1.